The first-order valence-electron chi connectivity index (χ1n) is 10.0. The Morgan fingerprint density at radius 2 is 1.86 bits per heavy atom. The maximum Gasteiger partial charge on any atom is 0.244 e. The molecule has 0 radical (unpaired) electrons. The third kappa shape index (κ3) is 7.47. The van der Waals surface area contributed by atoms with Gasteiger partial charge in [-0.3, -0.25) is 4.79 Å². The van der Waals surface area contributed by atoms with E-state index in [0.29, 0.717) is 6.54 Å². The topological polar surface area (TPSA) is 58.6 Å². The lowest BCUT2D eigenvalue weighted by Crippen LogP contribution is -2.23. The molecule has 28 heavy (non-hydrogen) atoms. The molecule has 150 valence electrons. The molecule has 1 amide bonds. The van der Waals surface area contributed by atoms with E-state index >= 15 is 0 Å². The molecule has 2 rings (SSSR count). The van der Waals surface area contributed by atoms with Gasteiger partial charge in [0.15, 0.2) is 0 Å². The molecule has 0 spiro atoms. The third-order valence-electron chi connectivity index (χ3n) is 4.68. The highest BCUT2D eigenvalue weighted by atomic mass is 16.5. The van der Waals surface area contributed by atoms with Gasteiger partial charge in [-0.1, -0.05) is 44.4 Å². The van der Waals surface area contributed by atoms with Gasteiger partial charge < -0.3 is 15.2 Å². The number of nitrogens with one attached hydrogen (secondary N) is 1. The maximum atomic E-state index is 12.1. The lowest BCUT2D eigenvalue weighted by Gasteiger charge is -2.09. The molecule has 4 nitrogen and oxygen atoms in total. The molecule has 2 N–H and O–H groups in total. The number of aryl methyl sites for hydroxylation is 1. The van der Waals surface area contributed by atoms with Crippen LogP contribution in [0.2, 0.25) is 0 Å². The third-order valence-corrected chi connectivity index (χ3v) is 4.68. The zero-order chi connectivity index (χ0) is 20.2. The number of hydrogen-bond donors (Lipinski definition) is 2. The summed E-state index contributed by atoms with van der Waals surface area (Å²) in [5.41, 5.74) is 3.26. The van der Waals surface area contributed by atoms with Gasteiger partial charge in [0.1, 0.15) is 11.5 Å². The predicted molar refractivity (Wildman–Crippen MR) is 115 cm³/mol. The molecule has 0 unspecified atom stereocenters. The molecule has 2 aromatic carbocycles. The fourth-order valence-electron chi connectivity index (χ4n) is 3.06. The van der Waals surface area contributed by atoms with Crippen LogP contribution >= 0.6 is 0 Å². The molecule has 0 heterocycles. The van der Waals surface area contributed by atoms with Crippen molar-refractivity contribution in [2.75, 3.05) is 13.7 Å². The Bertz CT molecular complexity index is 766. The largest absolute Gasteiger partial charge is 0.508 e. The van der Waals surface area contributed by atoms with Gasteiger partial charge in [0.25, 0.3) is 0 Å². The van der Waals surface area contributed by atoms with Crippen LogP contribution in [-0.2, 0) is 17.6 Å². The summed E-state index contributed by atoms with van der Waals surface area (Å²) < 4.78 is 5.47. The first-order chi connectivity index (χ1) is 13.6. The van der Waals surface area contributed by atoms with Crippen LogP contribution in [0.3, 0.4) is 0 Å². The van der Waals surface area contributed by atoms with Crippen molar-refractivity contribution in [2.45, 2.75) is 45.4 Å². The summed E-state index contributed by atoms with van der Waals surface area (Å²) in [5, 5.41) is 12.2. The number of rotatable bonds is 11. The van der Waals surface area contributed by atoms with Gasteiger partial charge in [0, 0.05) is 12.6 Å². The number of hydrogen-bond acceptors (Lipinski definition) is 3. The van der Waals surface area contributed by atoms with E-state index in [4.69, 9.17) is 4.74 Å². The van der Waals surface area contributed by atoms with Gasteiger partial charge in [-0.25, -0.2) is 0 Å². The summed E-state index contributed by atoms with van der Waals surface area (Å²) >= 11 is 0. The minimum absolute atomic E-state index is 0.112. The number of amides is 1. The van der Waals surface area contributed by atoms with E-state index in [1.54, 1.807) is 25.3 Å². The Morgan fingerprint density at radius 3 is 2.57 bits per heavy atom. The molecular formula is C24H31NO3. The summed E-state index contributed by atoms with van der Waals surface area (Å²) in [6.07, 6.45) is 9.98. The SMILES string of the molecule is CCCCCCc1cc(C=CC(=O)NCCc2ccc(O)cc2)ccc1OC. The summed E-state index contributed by atoms with van der Waals surface area (Å²) in [6, 6.07) is 13.1. The first kappa shape index (κ1) is 21.5. The van der Waals surface area contributed by atoms with Crippen LogP contribution in [0.5, 0.6) is 11.5 Å². The van der Waals surface area contributed by atoms with E-state index in [-0.39, 0.29) is 11.7 Å². The van der Waals surface area contributed by atoms with Crippen molar-refractivity contribution in [3.8, 4) is 11.5 Å². The van der Waals surface area contributed by atoms with Gasteiger partial charge in [-0.05, 0) is 66.3 Å². The normalized spacial score (nSPS) is 10.9. The Kier molecular flexibility index (Phi) is 9.13. The molecule has 0 fully saturated rings. The summed E-state index contributed by atoms with van der Waals surface area (Å²) in [7, 11) is 1.70. The second-order valence-corrected chi connectivity index (χ2v) is 6.92. The molecular weight excluding hydrogens is 350 g/mol. The highest BCUT2D eigenvalue weighted by molar-refractivity contribution is 5.91. The molecule has 0 saturated carbocycles. The standard InChI is InChI=1S/C24H31NO3/c1-3-4-5-6-7-21-18-20(10-14-23(21)28-2)11-15-24(27)25-17-16-19-8-12-22(26)13-9-19/h8-15,18,26H,3-7,16-17H2,1-2H3,(H,25,27). The Hall–Kier alpha value is -2.75. The Labute approximate surface area is 168 Å². The van der Waals surface area contributed by atoms with Gasteiger partial charge in [-0.15, -0.1) is 0 Å². The molecule has 0 aliphatic rings. The molecule has 4 heteroatoms. The molecule has 0 saturated heterocycles. The number of methoxy groups -OCH3 is 1. The first-order valence-corrected chi connectivity index (χ1v) is 10.0. The average molecular weight is 382 g/mol. The van der Waals surface area contributed by atoms with Crippen LogP contribution in [0, 0.1) is 0 Å². The fourth-order valence-corrected chi connectivity index (χ4v) is 3.06. The van der Waals surface area contributed by atoms with Crippen molar-refractivity contribution < 1.29 is 14.6 Å². The van der Waals surface area contributed by atoms with Crippen molar-refractivity contribution in [2.24, 2.45) is 0 Å². The zero-order valence-corrected chi connectivity index (χ0v) is 16.9. The number of unbranched alkanes of at least 4 members (excludes halogenated alkanes) is 3. The second kappa shape index (κ2) is 11.9. The van der Waals surface area contributed by atoms with E-state index in [9.17, 15) is 9.90 Å². The van der Waals surface area contributed by atoms with Gasteiger partial charge >= 0.3 is 0 Å². The fraction of sp³-hybridized carbons (Fsp3) is 0.375. The van der Waals surface area contributed by atoms with Crippen molar-refractivity contribution in [1.29, 1.82) is 0 Å². The predicted octanol–water partition coefficient (Wildman–Crippen LogP) is 4.90. The van der Waals surface area contributed by atoms with Crippen molar-refractivity contribution in [1.82, 2.24) is 5.32 Å². The van der Waals surface area contributed by atoms with Crippen LogP contribution in [0.15, 0.2) is 48.5 Å². The van der Waals surface area contributed by atoms with Gasteiger partial charge in [0.2, 0.25) is 5.91 Å². The number of aromatic hydroxyl groups is 1. The second-order valence-electron chi connectivity index (χ2n) is 6.92. The van der Waals surface area contributed by atoms with Gasteiger partial charge in [-0.2, -0.15) is 0 Å². The van der Waals surface area contributed by atoms with E-state index in [0.717, 1.165) is 36.1 Å². The maximum absolute atomic E-state index is 12.1. The van der Waals surface area contributed by atoms with Crippen LogP contribution in [0.1, 0.15) is 49.3 Å². The van der Waals surface area contributed by atoms with Crippen molar-refractivity contribution in [3.05, 3.63) is 65.2 Å². The number of benzene rings is 2. The minimum Gasteiger partial charge on any atom is -0.508 e. The van der Waals surface area contributed by atoms with Crippen molar-refractivity contribution >= 4 is 12.0 Å². The monoisotopic (exact) mass is 381 g/mol. The number of ether oxygens (including phenoxy) is 1. The molecule has 0 bridgehead atoms. The van der Waals surface area contributed by atoms with Crippen LogP contribution in [0.4, 0.5) is 0 Å². The number of phenols is 1. The summed E-state index contributed by atoms with van der Waals surface area (Å²) in [4.78, 5) is 12.1. The molecule has 0 aromatic heterocycles. The van der Waals surface area contributed by atoms with E-state index in [1.165, 1.54) is 24.8 Å². The van der Waals surface area contributed by atoms with Crippen LogP contribution in [-0.4, -0.2) is 24.7 Å². The number of carbonyl (C=O) groups is 1. The number of carbonyl (C=O) groups excluding carboxylic acids is 1. The molecule has 0 aliphatic carbocycles. The zero-order valence-electron chi connectivity index (χ0n) is 16.9. The average Bonchev–Trinajstić information content (AvgIpc) is 2.71. The molecule has 2 aromatic rings. The summed E-state index contributed by atoms with van der Waals surface area (Å²) in [5.74, 6) is 1.05. The smallest absolute Gasteiger partial charge is 0.244 e. The molecule has 0 atom stereocenters. The lowest BCUT2D eigenvalue weighted by atomic mass is 10.0. The van der Waals surface area contributed by atoms with E-state index in [1.807, 2.05) is 30.3 Å². The quantitative estimate of drug-likeness (QED) is 0.430. The number of phenolic OH excluding ortho intramolecular Hbond substituents is 1. The minimum atomic E-state index is -0.112. The van der Waals surface area contributed by atoms with E-state index < -0.39 is 0 Å². The molecule has 0 aliphatic heterocycles. The van der Waals surface area contributed by atoms with Crippen LogP contribution in [0.25, 0.3) is 6.08 Å². The summed E-state index contributed by atoms with van der Waals surface area (Å²) in [6.45, 7) is 2.76. The Morgan fingerprint density at radius 1 is 1.07 bits per heavy atom. The lowest BCUT2D eigenvalue weighted by molar-refractivity contribution is -0.116. The van der Waals surface area contributed by atoms with Crippen LogP contribution < -0.4 is 10.1 Å². The highest BCUT2D eigenvalue weighted by Crippen LogP contribution is 2.23. The Balaban J connectivity index is 1.85. The highest BCUT2D eigenvalue weighted by Gasteiger charge is 2.04. The van der Waals surface area contributed by atoms with Crippen molar-refractivity contribution in [3.63, 3.8) is 0 Å². The van der Waals surface area contributed by atoms with E-state index in [2.05, 4.69) is 18.3 Å². The van der Waals surface area contributed by atoms with Gasteiger partial charge in [0.05, 0.1) is 7.11 Å².